The molecule has 2 rings (SSSR count). The van der Waals surface area contributed by atoms with Gasteiger partial charge in [-0.3, -0.25) is 4.79 Å². The molecule has 1 aromatic rings. The third-order valence-corrected chi connectivity index (χ3v) is 6.49. The van der Waals surface area contributed by atoms with Crippen LogP contribution < -0.4 is 0 Å². The number of aliphatic hydroxyl groups excluding tert-OH is 1. The summed E-state index contributed by atoms with van der Waals surface area (Å²) in [5.74, 6) is -0.115. The van der Waals surface area contributed by atoms with Crippen LogP contribution in [0.3, 0.4) is 0 Å². The minimum Gasteiger partial charge on any atom is -0.393 e. The molecule has 0 radical (unpaired) electrons. The number of piperazine rings is 1. The predicted octanol–water partition coefficient (Wildman–Crippen LogP) is 1.63. The molecule has 1 fully saturated rings. The molecule has 0 aromatic heterocycles. The number of aryl methyl sites for hydroxylation is 1. The largest absolute Gasteiger partial charge is 0.393 e. The number of rotatable bonds is 7. The summed E-state index contributed by atoms with van der Waals surface area (Å²) in [4.78, 5) is 14.0. The summed E-state index contributed by atoms with van der Waals surface area (Å²) in [5, 5.41) is 9.60. The van der Waals surface area contributed by atoms with E-state index in [1.807, 2.05) is 19.1 Å². The molecule has 1 amide bonds. The van der Waals surface area contributed by atoms with E-state index in [4.69, 9.17) is 0 Å². The average molecular weight is 368 g/mol. The molecule has 0 aliphatic carbocycles. The quantitative estimate of drug-likeness (QED) is 0.793. The van der Waals surface area contributed by atoms with Crippen molar-refractivity contribution in [2.24, 2.45) is 0 Å². The van der Waals surface area contributed by atoms with Crippen LogP contribution in [-0.4, -0.2) is 60.9 Å². The maximum absolute atomic E-state index is 12.7. The smallest absolute Gasteiger partial charge is 0.243 e. The number of hydrogen-bond donors (Lipinski definition) is 1. The molecule has 7 heteroatoms. The lowest BCUT2D eigenvalue weighted by molar-refractivity contribution is -0.134. The fraction of sp³-hybridized carbons (Fsp3) is 0.611. The first-order valence-corrected chi connectivity index (χ1v) is 10.4. The number of benzene rings is 1. The number of hydrogen-bond acceptors (Lipinski definition) is 4. The number of nitrogens with zero attached hydrogens (tertiary/aromatic N) is 2. The monoisotopic (exact) mass is 368 g/mol. The Bertz CT molecular complexity index is 665. The maximum Gasteiger partial charge on any atom is 0.243 e. The molecular formula is C18H28N2O4S. The van der Waals surface area contributed by atoms with Gasteiger partial charge in [0.2, 0.25) is 15.9 Å². The molecule has 0 bridgehead atoms. The van der Waals surface area contributed by atoms with E-state index in [0.717, 1.165) is 18.4 Å². The Kier molecular flexibility index (Phi) is 6.98. The molecule has 1 atom stereocenters. The van der Waals surface area contributed by atoms with Gasteiger partial charge in [0.1, 0.15) is 0 Å². The molecule has 1 aromatic carbocycles. The molecule has 25 heavy (non-hydrogen) atoms. The van der Waals surface area contributed by atoms with Gasteiger partial charge in [-0.15, -0.1) is 0 Å². The van der Waals surface area contributed by atoms with Gasteiger partial charge in [0.25, 0.3) is 0 Å². The summed E-state index contributed by atoms with van der Waals surface area (Å²) in [5.41, 5.74) is 1.13. The van der Waals surface area contributed by atoms with E-state index in [0.29, 0.717) is 24.4 Å². The molecule has 6 nitrogen and oxygen atoms in total. The van der Waals surface area contributed by atoms with Crippen LogP contribution in [0.15, 0.2) is 29.2 Å². The first-order chi connectivity index (χ1) is 11.9. The highest BCUT2D eigenvalue weighted by Gasteiger charge is 2.30. The van der Waals surface area contributed by atoms with Crippen molar-refractivity contribution in [2.75, 3.05) is 26.2 Å². The fourth-order valence-electron chi connectivity index (χ4n) is 2.92. The normalized spacial score (nSPS) is 17.5. The first-order valence-electron chi connectivity index (χ1n) is 8.93. The van der Waals surface area contributed by atoms with Crippen LogP contribution in [0, 0.1) is 0 Å². The van der Waals surface area contributed by atoms with Gasteiger partial charge in [-0.1, -0.05) is 32.4 Å². The molecule has 1 saturated heterocycles. The molecule has 1 unspecified atom stereocenters. The zero-order chi connectivity index (χ0) is 18.4. The Labute approximate surface area is 150 Å². The van der Waals surface area contributed by atoms with Gasteiger partial charge in [0, 0.05) is 26.2 Å². The van der Waals surface area contributed by atoms with Gasteiger partial charge in [-0.2, -0.15) is 4.31 Å². The van der Waals surface area contributed by atoms with Crippen LogP contribution in [0.4, 0.5) is 0 Å². The van der Waals surface area contributed by atoms with Crippen LogP contribution in [0.5, 0.6) is 0 Å². The Balaban J connectivity index is 1.97. The van der Waals surface area contributed by atoms with Crippen LogP contribution in [0.2, 0.25) is 0 Å². The topological polar surface area (TPSA) is 77.9 Å². The van der Waals surface area contributed by atoms with E-state index >= 15 is 0 Å². The molecule has 1 aliphatic heterocycles. The molecule has 140 valence electrons. The van der Waals surface area contributed by atoms with Gasteiger partial charge in [0.15, 0.2) is 0 Å². The van der Waals surface area contributed by atoms with Crippen LogP contribution in [0.25, 0.3) is 0 Å². The predicted molar refractivity (Wildman–Crippen MR) is 96.7 cm³/mol. The zero-order valence-electron chi connectivity index (χ0n) is 15.0. The Morgan fingerprint density at radius 1 is 1.12 bits per heavy atom. The Morgan fingerprint density at radius 2 is 1.72 bits per heavy atom. The van der Waals surface area contributed by atoms with Crippen molar-refractivity contribution in [1.82, 2.24) is 9.21 Å². The van der Waals surface area contributed by atoms with Crippen molar-refractivity contribution in [2.45, 2.75) is 50.5 Å². The van der Waals surface area contributed by atoms with Gasteiger partial charge in [-0.05, 0) is 30.5 Å². The number of aliphatic hydroxyl groups is 1. The van der Waals surface area contributed by atoms with Crippen molar-refractivity contribution in [3.8, 4) is 0 Å². The molecular weight excluding hydrogens is 340 g/mol. The summed E-state index contributed by atoms with van der Waals surface area (Å²) in [6, 6.07) is 7.05. The summed E-state index contributed by atoms with van der Waals surface area (Å²) in [6.45, 7) is 5.21. The van der Waals surface area contributed by atoms with E-state index in [1.54, 1.807) is 17.0 Å². The number of sulfonamides is 1. The second-order valence-electron chi connectivity index (χ2n) is 6.45. The summed E-state index contributed by atoms with van der Waals surface area (Å²) < 4.78 is 26.9. The second kappa shape index (κ2) is 8.78. The highest BCUT2D eigenvalue weighted by atomic mass is 32.2. The number of amides is 1. The van der Waals surface area contributed by atoms with E-state index in [-0.39, 0.29) is 25.4 Å². The van der Waals surface area contributed by atoms with Crippen molar-refractivity contribution >= 4 is 15.9 Å². The van der Waals surface area contributed by atoms with Gasteiger partial charge in [0.05, 0.1) is 17.4 Å². The van der Waals surface area contributed by atoms with E-state index in [1.165, 1.54) is 4.31 Å². The lowest BCUT2D eigenvalue weighted by atomic mass is 10.1. The van der Waals surface area contributed by atoms with Crippen molar-refractivity contribution < 1.29 is 18.3 Å². The van der Waals surface area contributed by atoms with E-state index < -0.39 is 16.1 Å². The average Bonchev–Trinajstić information content (AvgIpc) is 2.62. The minimum atomic E-state index is -3.52. The highest BCUT2D eigenvalue weighted by molar-refractivity contribution is 7.89. The summed E-state index contributed by atoms with van der Waals surface area (Å²) in [6.07, 6.45) is 1.96. The van der Waals surface area contributed by atoms with Crippen molar-refractivity contribution in [3.05, 3.63) is 29.8 Å². The molecule has 0 spiro atoms. The third kappa shape index (κ3) is 5.03. The molecule has 1 aliphatic rings. The standard InChI is InChI=1S/C18H28N2O4S/c1-3-5-15-6-8-17(9-7-15)25(23,24)20-12-10-19(11-13-20)18(22)14-16(21)4-2/h6-9,16,21H,3-5,10-14H2,1-2H3. The lowest BCUT2D eigenvalue weighted by Crippen LogP contribution is -2.50. The van der Waals surface area contributed by atoms with Crippen molar-refractivity contribution in [3.63, 3.8) is 0 Å². The van der Waals surface area contributed by atoms with Crippen LogP contribution >= 0.6 is 0 Å². The Hall–Kier alpha value is -1.44. The van der Waals surface area contributed by atoms with Gasteiger partial charge >= 0.3 is 0 Å². The molecule has 1 N–H and O–H groups in total. The van der Waals surface area contributed by atoms with Crippen LogP contribution in [-0.2, 0) is 21.2 Å². The van der Waals surface area contributed by atoms with Gasteiger partial charge in [-0.25, -0.2) is 8.42 Å². The first kappa shape index (κ1) is 19.9. The summed E-state index contributed by atoms with van der Waals surface area (Å²) >= 11 is 0. The second-order valence-corrected chi connectivity index (χ2v) is 8.38. The number of carbonyl (C=O) groups is 1. The lowest BCUT2D eigenvalue weighted by Gasteiger charge is -2.34. The fourth-order valence-corrected chi connectivity index (χ4v) is 4.34. The number of carbonyl (C=O) groups excluding carboxylic acids is 1. The Morgan fingerprint density at radius 3 is 2.24 bits per heavy atom. The third-order valence-electron chi connectivity index (χ3n) is 4.57. The maximum atomic E-state index is 12.7. The summed E-state index contributed by atoms with van der Waals surface area (Å²) in [7, 11) is -3.52. The van der Waals surface area contributed by atoms with Crippen LogP contribution in [0.1, 0.15) is 38.7 Å². The van der Waals surface area contributed by atoms with E-state index in [2.05, 4.69) is 6.92 Å². The zero-order valence-corrected chi connectivity index (χ0v) is 15.8. The van der Waals surface area contributed by atoms with Gasteiger partial charge < -0.3 is 10.0 Å². The molecule has 1 heterocycles. The van der Waals surface area contributed by atoms with E-state index in [9.17, 15) is 18.3 Å². The van der Waals surface area contributed by atoms with Crippen molar-refractivity contribution in [1.29, 1.82) is 0 Å². The molecule has 0 saturated carbocycles. The minimum absolute atomic E-state index is 0.0993. The highest BCUT2D eigenvalue weighted by Crippen LogP contribution is 2.19. The SMILES string of the molecule is CCCc1ccc(S(=O)(=O)N2CCN(C(=O)CC(O)CC)CC2)cc1.